The third kappa shape index (κ3) is 2.23. The van der Waals surface area contributed by atoms with Gasteiger partial charge in [0.05, 0.1) is 5.69 Å². The maximum Gasteiger partial charge on any atom is 0.106 e. The van der Waals surface area contributed by atoms with Crippen molar-refractivity contribution in [3.05, 3.63) is 17.2 Å². The number of nitrogens with one attached hydrogen (secondary N) is 1. The Hall–Kier alpha value is -0.830. The summed E-state index contributed by atoms with van der Waals surface area (Å²) in [5.41, 5.74) is 2.51. The van der Waals surface area contributed by atoms with Gasteiger partial charge in [-0.15, -0.1) is 0 Å². The Bertz CT molecular complexity index is 335. The van der Waals surface area contributed by atoms with Crippen molar-refractivity contribution in [2.24, 2.45) is 5.92 Å². The fourth-order valence-corrected chi connectivity index (χ4v) is 2.43. The summed E-state index contributed by atoms with van der Waals surface area (Å²) in [7, 11) is 0. The monoisotopic (exact) mass is 207 g/mol. The van der Waals surface area contributed by atoms with Gasteiger partial charge in [0.2, 0.25) is 0 Å². The molecule has 84 valence electrons. The van der Waals surface area contributed by atoms with Crippen LogP contribution in [0.2, 0.25) is 0 Å². The van der Waals surface area contributed by atoms with Gasteiger partial charge in [-0.2, -0.15) is 0 Å². The highest BCUT2D eigenvalue weighted by Gasteiger charge is 2.16. The normalized spacial score (nSPS) is 21.9. The number of imidazole rings is 1. The Labute approximate surface area is 91.9 Å². The Balaban J connectivity index is 2.09. The lowest BCUT2D eigenvalue weighted by Gasteiger charge is -2.24. The van der Waals surface area contributed by atoms with Gasteiger partial charge in [0, 0.05) is 12.2 Å². The molecule has 1 N–H and O–H groups in total. The van der Waals surface area contributed by atoms with Crippen LogP contribution in [0.4, 0.5) is 0 Å². The summed E-state index contributed by atoms with van der Waals surface area (Å²) in [6.45, 7) is 9.86. The van der Waals surface area contributed by atoms with E-state index in [1.54, 1.807) is 0 Å². The number of hydrogen-bond acceptors (Lipinski definition) is 2. The minimum atomic E-state index is 0.782. The zero-order chi connectivity index (χ0) is 10.8. The smallest absolute Gasteiger partial charge is 0.106 e. The van der Waals surface area contributed by atoms with Crippen molar-refractivity contribution in [2.75, 3.05) is 13.1 Å². The van der Waals surface area contributed by atoms with E-state index in [9.17, 15) is 0 Å². The lowest BCUT2D eigenvalue weighted by atomic mass is 9.99. The van der Waals surface area contributed by atoms with E-state index in [4.69, 9.17) is 0 Å². The number of rotatable bonds is 2. The maximum absolute atomic E-state index is 4.52. The van der Waals surface area contributed by atoms with Crippen LogP contribution >= 0.6 is 0 Å². The maximum atomic E-state index is 4.52. The molecule has 15 heavy (non-hydrogen) atoms. The molecule has 1 atom stereocenters. The van der Waals surface area contributed by atoms with E-state index in [1.165, 1.54) is 30.8 Å². The van der Waals surface area contributed by atoms with Crippen molar-refractivity contribution in [2.45, 2.75) is 40.2 Å². The predicted molar refractivity (Wildman–Crippen MR) is 62.0 cm³/mol. The van der Waals surface area contributed by atoms with E-state index in [0.717, 1.165) is 24.8 Å². The first-order valence-electron chi connectivity index (χ1n) is 5.89. The average Bonchev–Trinajstić information content (AvgIpc) is 2.47. The number of hydrogen-bond donors (Lipinski definition) is 1. The molecule has 0 spiro atoms. The van der Waals surface area contributed by atoms with Crippen LogP contribution < -0.4 is 5.32 Å². The summed E-state index contributed by atoms with van der Waals surface area (Å²) in [6, 6.07) is 0. The van der Waals surface area contributed by atoms with Gasteiger partial charge < -0.3 is 9.88 Å². The highest BCUT2D eigenvalue weighted by molar-refractivity contribution is 5.13. The van der Waals surface area contributed by atoms with E-state index >= 15 is 0 Å². The molecule has 1 aromatic rings. The molecule has 1 aliphatic rings. The third-order valence-electron chi connectivity index (χ3n) is 3.49. The quantitative estimate of drug-likeness (QED) is 0.801. The fourth-order valence-electron chi connectivity index (χ4n) is 2.43. The van der Waals surface area contributed by atoms with Gasteiger partial charge >= 0.3 is 0 Å². The zero-order valence-corrected chi connectivity index (χ0v) is 10.0. The second-order valence-electron chi connectivity index (χ2n) is 4.65. The minimum Gasteiger partial charge on any atom is -0.332 e. The molecule has 2 heterocycles. The van der Waals surface area contributed by atoms with Crippen molar-refractivity contribution >= 4 is 0 Å². The molecule has 0 aliphatic carbocycles. The van der Waals surface area contributed by atoms with Crippen molar-refractivity contribution < 1.29 is 0 Å². The second-order valence-corrected chi connectivity index (χ2v) is 4.65. The lowest BCUT2D eigenvalue weighted by molar-refractivity contribution is 0.333. The molecule has 3 heteroatoms. The Morgan fingerprint density at radius 2 is 2.20 bits per heavy atom. The first-order valence-corrected chi connectivity index (χ1v) is 5.89. The molecule has 1 aliphatic heterocycles. The predicted octanol–water partition coefficient (Wildman–Crippen LogP) is 1.81. The van der Waals surface area contributed by atoms with Gasteiger partial charge in [-0.1, -0.05) is 0 Å². The third-order valence-corrected chi connectivity index (χ3v) is 3.49. The fraction of sp³-hybridized carbons (Fsp3) is 0.750. The topological polar surface area (TPSA) is 29.9 Å². The van der Waals surface area contributed by atoms with Crippen molar-refractivity contribution in [3.63, 3.8) is 0 Å². The van der Waals surface area contributed by atoms with Crippen molar-refractivity contribution in [1.29, 1.82) is 0 Å². The van der Waals surface area contributed by atoms with Gasteiger partial charge in [0.1, 0.15) is 5.82 Å². The van der Waals surface area contributed by atoms with Crippen LogP contribution in [0.15, 0.2) is 0 Å². The number of aromatic nitrogens is 2. The van der Waals surface area contributed by atoms with Crippen LogP contribution in [0.1, 0.15) is 30.1 Å². The summed E-state index contributed by atoms with van der Waals surface area (Å²) >= 11 is 0. The number of nitrogens with zero attached hydrogens (tertiary/aromatic N) is 2. The summed E-state index contributed by atoms with van der Waals surface area (Å²) in [5.74, 6) is 1.94. The molecule has 0 aromatic carbocycles. The van der Waals surface area contributed by atoms with E-state index in [1.807, 2.05) is 0 Å². The van der Waals surface area contributed by atoms with Crippen LogP contribution in [-0.2, 0) is 6.54 Å². The SMILES string of the molecule is Cc1nc(C)n(C[C@H]2CCCNC2)c1C. The molecule has 3 nitrogen and oxygen atoms in total. The van der Waals surface area contributed by atoms with Crippen LogP contribution in [0.5, 0.6) is 0 Å². The van der Waals surface area contributed by atoms with Crippen LogP contribution in [0, 0.1) is 26.7 Å². The molecule has 0 unspecified atom stereocenters. The largest absolute Gasteiger partial charge is 0.332 e. The van der Waals surface area contributed by atoms with Crippen LogP contribution in [-0.4, -0.2) is 22.6 Å². The molecule has 0 bridgehead atoms. The molecule has 1 aromatic heterocycles. The standard InChI is InChI=1S/C12H21N3/c1-9-10(2)15(11(3)14-9)8-12-5-4-6-13-7-12/h12-13H,4-8H2,1-3H3/t12-/m0/s1. The molecule has 1 saturated heterocycles. The van der Waals surface area contributed by atoms with E-state index in [2.05, 4.69) is 35.6 Å². The van der Waals surface area contributed by atoms with E-state index in [-0.39, 0.29) is 0 Å². The van der Waals surface area contributed by atoms with E-state index < -0.39 is 0 Å². The summed E-state index contributed by atoms with van der Waals surface area (Å²) in [4.78, 5) is 4.52. The summed E-state index contributed by atoms with van der Waals surface area (Å²) in [5, 5.41) is 3.47. The Morgan fingerprint density at radius 3 is 2.73 bits per heavy atom. The number of aryl methyl sites for hydroxylation is 2. The summed E-state index contributed by atoms with van der Waals surface area (Å²) in [6.07, 6.45) is 2.67. The Kier molecular flexibility index (Phi) is 3.10. The lowest BCUT2D eigenvalue weighted by Crippen LogP contribution is -2.32. The van der Waals surface area contributed by atoms with Crippen molar-refractivity contribution in [3.8, 4) is 0 Å². The van der Waals surface area contributed by atoms with E-state index in [0.29, 0.717) is 0 Å². The molecular formula is C12H21N3. The van der Waals surface area contributed by atoms with Gasteiger partial charge in [0.15, 0.2) is 0 Å². The molecule has 1 fully saturated rings. The minimum absolute atomic E-state index is 0.782. The van der Waals surface area contributed by atoms with Crippen LogP contribution in [0.3, 0.4) is 0 Å². The van der Waals surface area contributed by atoms with Gasteiger partial charge in [-0.25, -0.2) is 4.98 Å². The molecular weight excluding hydrogens is 186 g/mol. The Morgan fingerprint density at radius 1 is 1.40 bits per heavy atom. The summed E-state index contributed by atoms with van der Waals surface area (Å²) < 4.78 is 2.37. The molecule has 0 radical (unpaired) electrons. The zero-order valence-electron chi connectivity index (χ0n) is 10.0. The van der Waals surface area contributed by atoms with Gasteiger partial charge in [-0.05, 0) is 52.6 Å². The highest BCUT2D eigenvalue weighted by atomic mass is 15.1. The first-order chi connectivity index (χ1) is 7.18. The van der Waals surface area contributed by atoms with Crippen molar-refractivity contribution in [1.82, 2.24) is 14.9 Å². The number of piperidine rings is 1. The highest BCUT2D eigenvalue weighted by Crippen LogP contribution is 2.16. The molecule has 2 rings (SSSR count). The van der Waals surface area contributed by atoms with Gasteiger partial charge in [0.25, 0.3) is 0 Å². The van der Waals surface area contributed by atoms with Gasteiger partial charge in [-0.3, -0.25) is 0 Å². The average molecular weight is 207 g/mol. The molecule has 0 amide bonds. The molecule has 0 saturated carbocycles. The second kappa shape index (κ2) is 4.35. The van der Waals surface area contributed by atoms with Crippen LogP contribution in [0.25, 0.3) is 0 Å². The first kappa shape index (κ1) is 10.7.